The highest BCUT2D eigenvalue weighted by molar-refractivity contribution is 7.89. The molecule has 0 aliphatic carbocycles. The molecule has 0 bridgehead atoms. The van der Waals surface area contributed by atoms with Crippen molar-refractivity contribution in [1.82, 2.24) is 0 Å². The topological polar surface area (TPSA) is 61.8 Å². The van der Waals surface area contributed by atoms with E-state index in [-0.39, 0.29) is 5.75 Å². The van der Waals surface area contributed by atoms with Crippen LogP contribution in [0.1, 0.15) is 40.2 Å². The van der Waals surface area contributed by atoms with Gasteiger partial charge in [-0.25, -0.2) is 8.42 Å². The van der Waals surface area contributed by atoms with Crippen molar-refractivity contribution in [2.45, 2.75) is 51.6 Å². The smallest absolute Gasteiger partial charge is 0.494 e. The van der Waals surface area contributed by atoms with E-state index >= 15 is 0 Å². The van der Waals surface area contributed by atoms with Crippen LogP contribution in [-0.4, -0.2) is 39.6 Å². The molecule has 23 heavy (non-hydrogen) atoms. The lowest BCUT2D eigenvalue weighted by Crippen LogP contribution is -2.41. The van der Waals surface area contributed by atoms with Crippen molar-refractivity contribution in [3.05, 3.63) is 23.8 Å². The quantitative estimate of drug-likeness (QED) is 0.767. The van der Waals surface area contributed by atoms with Crippen molar-refractivity contribution in [1.29, 1.82) is 0 Å². The van der Waals surface area contributed by atoms with Gasteiger partial charge in [-0.15, -0.1) is 0 Å². The zero-order valence-electron chi connectivity index (χ0n) is 14.7. The molecule has 0 unspecified atom stereocenters. The molecule has 1 aliphatic rings. The molecule has 5 nitrogen and oxygen atoms in total. The zero-order chi connectivity index (χ0) is 17.5. The largest absolute Gasteiger partial charge is 0.498 e. The molecule has 0 saturated carbocycles. The monoisotopic (exact) mass is 340 g/mol. The minimum absolute atomic E-state index is 0.0219. The second-order valence-electron chi connectivity index (χ2n) is 6.96. The maximum atomic E-state index is 11.6. The van der Waals surface area contributed by atoms with E-state index in [9.17, 15) is 8.42 Å². The van der Waals surface area contributed by atoms with E-state index in [1.54, 1.807) is 18.2 Å². The molecule has 0 spiro atoms. The Labute approximate surface area is 139 Å². The van der Waals surface area contributed by atoms with Crippen LogP contribution < -0.4 is 10.2 Å². The molecule has 0 radical (unpaired) electrons. The predicted octanol–water partition coefficient (Wildman–Crippen LogP) is 1.93. The van der Waals surface area contributed by atoms with Crippen LogP contribution in [0.2, 0.25) is 0 Å². The highest BCUT2D eigenvalue weighted by Gasteiger charge is 2.52. The Morgan fingerprint density at radius 2 is 1.70 bits per heavy atom. The van der Waals surface area contributed by atoms with Gasteiger partial charge >= 0.3 is 7.12 Å². The van der Waals surface area contributed by atoms with Crippen LogP contribution in [0, 0.1) is 0 Å². The lowest BCUT2D eigenvalue weighted by atomic mass is 9.77. The average molecular weight is 340 g/mol. The molecule has 1 aliphatic heterocycles. The van der Waals surface area contributed by atoms with Gasteiger partial charge in [0.2, 0.25) is 0 Å². The Kier molecular flexibility index (Phi) is 4.86. The van der Waals surface area contributed by atoms with Crippen molar-refractivity contribution in [3.63, 3.8) is 0 Å². The van der Waals surface area contributed by atoms with Gasteiger partial charge in [0, 0.05) is 11.7 Å². The summed E-state index contributed by atoms with van der Waals surface area (Å²) in [6, 6.07) is 5.35. The SMILES string of the molecule is CCOc1ccc(CS(C)(=O)=O)cc1B1OC(C)(C)C(C)(C)O1. The second-order valence-corrected chi connectivity index (χ2v) is 9.10. The van der Waals surface area contributed by atoms with Gasteiger partial charge in [-0.2, -0.15) is 0 Å². The van der Waals surface area contributed by atoms with E-state index in [1.165, 1.54) is 6.26 Å². The molecular weight excluding hydrogens is 315 g/mol. The van der Waals surface area contributed by atoms with E-state index in [0.29, 0.717) is 17.9 Å². The van der Waals surface area contributed by atoms with Gasteiger partial charge in [-0.05, 0) is 46.2 Å². The molecule has 1 saturated heterocycles. The number of hydrogen-bond acceptors (Lipinski definition) is 5. The van der Waals surface area contributed by atoms with Gasteiger partial charge < -0.3 is 14.0 Å². The molecule has 1 aromatic rings. The average Bonchev–Trinajstić information content (AvgIpc) is 2.58. The fourth-order valence-electron chi connectivity index (χ4n) is 2.43. The third kappa shape index (κ3) is 4.08. The molecule has 1 aromatic carbocycles. The summed E-state index contributed by atoms with van der Waals surface area (Å²) in [6.07, 6.45) is 1.22. The molecule has 0 atom stereocenters. The Balaban J connectivity index is 2.41. The molecule has 1 heterocycles. The number of hydrogen-bond donors (Lipinski definition) is 0. The Morgan fingerprint density at radius 1 is 1.13 bits per heavy atom. The summed E-state index contributed by atoms with van der Waals surface area (Å²) in [5.74, 6) is 0.634. The number of sulfone groups is 1. The number of rotatable bonds is 5. The summed E-state index contributed by atoms with van der Waals surface area (Å²) in [5.41, 5.74) is 0.495. The van der Waals surface area contributed by atoms with E-state index in [1.807, 2.05) is 34.6 Å². The minimum Gasteiger partial charge on any atom is -0.494 e. The van der Waals surface area contributed by atoms with Crippen molar-refractivity contribution in [2.24, 2.45) is 0 Å². The van der Waals surface area contributed by atoms with Crippen molar-refractivity contribution in [3.8, 4) is 5.75 Å². The summed E-state index contributed by atoms with van der Waals surface area (Å²) in [4.78, 5) is 0. The molecule has 7 heteroatoms. The first-order valence-electron chi connectivity index (χ1n) is 7.74. The fraction of sp³-hybridized carbons (Fsp3) is 0.625. The molecule has 2 rings (SSSR count). The maximum absolute atomic E-state index is 11.6. The van der Waals surface area contributed by atoms with Crippen LogP contribution in [0.5, 0.6) is 5.75 Å². The highest BCUT2D eigenvalue weighted by Crippen LogP contribution is 2.37. The predicted molar refractivity (Wildman–Crippen MR) is 91.9 cm³/mol. The Hall–Kier alpha value is -1.05. The van der Waals surface area contributed by atoms with E-state index in [0.717, 1.165) is 5.46 Å². The molecular formula is C16H25BO5S. The third-order valence-corrected chi connectivity index (χ3v) is 5.17. The lowest BCUT2D eigenvalue weighted by molar-refractivity contribution is 0.00578. The van der Waals surface area contributed by atoms with Gasteiger partial charge in [-0.1, -0.05) is 12.1 Å². The van der Waals surface area contributed by atoms with E-state index in [2.05, 4.69) is 0 Å². The third-order valence-electron chi connectivity index (χ3n) is 4.31. The molecule has 0 N–H and O–H groups in total. The van der Waals surface area contributed by atoms with E-state index in [4.69, 9.17) is 14.0 Å². The van der Waals surface area contributed by atoms with Crippen molar-refractivity contribution >= 4 is 22.4 Å². The summed E-state index contributed by atoms with van der Waals surface area (Å²) < 4.78 is 40.9. The molecule has 0 aromatic heterocycles. The van der Waals surface area contributed by atoms with Crippen LogP contribution >= 0.6 is 0 Å². The Morgan fingerprint density at radius 3 is 2.17 bits per heavy atom. The lowest BCUT2D eigenvalue weighted by Gasteiger charge is -2.32. The van der Waals surface area contributed by atoms with Crippen LogP contribution in [0.3, 0.4) is 0 Å². The molecule has 0 amide bonds. The Bertz CT molecular complexity index is 666. The van der Waals surface area contributed by atoms with Gasteiger partial charge in [0.05, 0.1) is 23.6 Å². The van der Waals surface area contributed by atoms with Crippen LogP contribution in [-0.2, 0) is 24.9 Å². The van der Waals surface area contributed by atoms with Gasteiger partial charge in [0.1, 0.15) is 5.75 Å². The first-order valence-corrected chi connectivity index (χ1v) is 9.80. The van der Waals surface area contributed by atoms with Crippen LogP contribution in [0.25, 0.3) is 0 Å². The normalized spacial score (nSPS) is 19.8. The van der Waals surface area contributed by atoms with Crippen LogP contribution in [0.4, 0.5) is 0 Å². The second kappa shape index (κ2) is 6.11. The van der Waals surface area contributed by atoms with Crippen molar-refractivity contribution < 1.29 is 22.5 Å². The molecule has 128 valence electrons. The first-order chi connectivity index (χ1) is 10.5. The van der Waals surface area contributed by atoms with Crippen LogP contribution in [0.15, 0.2) is 18.2 Å². The molecule has 1 fully saturated rings. The van der Waals surface area contributed by atoms with E-state index < -0.39 is 28.2 Å². The number of benzene rings is 1. The fourth-order valence-corrected chi connectivity index (χ4v) is 3.22. The summed E-state index contributed by atoms with van der Waals surface area (Å²) >= 11 is 0. The van der Waals surface area contributed by atoms with Crippen molar-refractivity contribution in [2.75, 3.05) is 12.9 Å². The zero-order valence-corrected chi connectivity index (χ0v) is 15.5. The van der Waals surface area contributed by atoms with Gasteiger partial charge in [0.25, 0.3) is 0 Å². The standard InChI is InChI=1S/C16H25BO5S/c1-7-20-14-9-8-12(11-23(6,18)19)10-13(14)17-21-15(2,3)16(4,5)22-17/h8-10H,7,11H2,1-6H3. The highest BCUT2D eigenvalue weighted by atomic mass is 32.2. The minimum atomic E-state index is -3.11. The summed E-state index contributed by atoms with van der Waals surface area (Å²) in [7, 11) is -3.69. The summed E-state index contributed by atoms with van der Waals surface area (Å²) in [6.45, 7) is 10.3. The number of ether oxygens (including phenoxy) is 1. The van der Waals surface area contributed by atoms with Gasteiger partial charge in [0.15, 0.2) is 9.84 Å². The van der Waals surface area contributed by atoms with Gasteiger partial charge in [-0.3, -0.25) is 0 Å². The maximum Gasteiger partial charge on any atom is 0.498 e. The first kappa shape index (κ1) is 18.3. The summed E-state index contributed by atoms with van der Waals surface area (Å²) in [5, 5.41) is 0.